The van der Waals surface area contributed by atoms with Gasteiger partial charge in [0.2, 0.25) is 0 Å². The minimum Gasteiger partial charge on any atom is -0.465 e. The van der Waals surface area contributed by atoms with Crippen LogP contribution in [0.1, 0.15) is 15.9 Å². The summed E-state index contributed by atoms with van der Waals surface area (Å²) in [6.07, 6.45) is -1.20. The van der Waals surface area contributed by atoms with E-state index in [0.717, 1.165) is 55.6 Å². The molecule has 1 amide bonds. The molecule has 0 fully saturated rings. The van der Waals surface area contributed by atoms with Crippen molar-refractivity contribution in [3.8, 4) is 5.75 Å². The lowest BCUT2D eigenvalue weighted by molar-refractivity contribution is -0.384. The summed E-state index contributed by atoms with van der Waals surface area (Å²) in [5, 5.41) is 10.8. The highest BCUT2D eigenvalue weighted by atomic mass is 19.2. The number of non-ortho nitro benzene ring substituents is 1. The molecule has 0 unspecified atom stereocenters. The highest BCUT2D eigenvalue weighted by Gasteiger charge is 2.25. The maximum atomic E-state index is 14.6. The third-order valence-electron chi connectivity index (χ3n) is 4.50. The molecule has 0 bridgehead atoms. The van der Waals surface area contributed by atoms with Gasteiger partial charge in [-0.25, -0.2) is 22.8 Å². The molecule has 0 aliphatic heterocycles. The van der Waals surface area contributed by atoms with Gasteiger partial charge in [-0.05, 0) is 36.4 Å². The van der Waals surface area contributed by atoms with Gasteiger partial charge in [0.15, 0.2) is 11.6 Å². The normalized spacial score (nSPS) is 10.4. The number of nitro benzene ring substituents is 1. The van der Waals surface area contributed by atoms with Crippen LogP contribution in [0.25, 0.3) is 0 Å². The highest BCUT2D eigenvalue weighted by molar-refractivity contribution is 5.90. The first-order chi connectivity index (χ1) is 15.7. The number of nitro groups is 1. The Labute approximate surface area is 184 Å². The summed E-state index contributed by atoms with van der Waals surface area (Å²) in [5.74, 6) is -4.42. The van der Waals surface area contributed by atoms with E-state index in [2.05, 4.69) is 4.74 Å². The van der Waals surface area contributed by atoms with E-state index < -0.39 is 46.7 Å². The average molecular weight is 460 g/mol. The number of methoxy groups -OCH3 is 1. The van der Waals surface area contributed by atoms with Crippen molar-refractivity contribution in [1.29, 1.82) is 0 Å². The fourth-order valence-electron chi connectivity index (χ4n) is 2.83. The standard InChI is InChI=1S/C22H15F3N2O6/c1-32-21(28)13-5-6-14(18(24)11-13)12-26(19-4-2-3-17(23)20(19)25)22(29)33-16-9-7-15(8-10-16)27(30)31/h2-11H,12H2,1H3. The molecule has 3 aromatic carbocycles. The zero-order valence-corrected chi connectivity index (χ0v) is 17.0. The van der Waals surface area contributed by atoms with E-state index >= 15 is 0 Å². The summed E-state index contributed by atoms with van der Waals surface area (Å²) in [5.41, 5.74) is -1.00. The van der Waals surface area contributed by atoms with E-state index in [4.69, 9.17) is 4.74 Å². The Balaban J connectivity index is 1.94. The summed E-state index contributed by atoms with van der Waals surface area (Å²) in [6, 6.07) is 10.8. The molecule has 0 aliphatic rings. The number of carbonyl (C=O) groups excluding carboxylic acids is 2. The lowest BCUT2D eigenvalue weighted by Gasteiger charge is -2.23. The van der Waals surface area contributed by atoms with E-state index in [-0.39, 0.29) is 22.6 Å². The predicted molar refractivity (Wildman–Crippen MR) is 109 cm³/mol. The average Bonchev–Trinajstić information content (AvgIpc) is 2.80. The number of ether oxygens (including phenoxy) is 2. The molecule has 170 valence electrons. The molecule has 11 heteroatoms. The monoisotopic (exact) mass is 460 g/mol. The maximum Gasteiger partial charge on any atom is 0.420 e. The number of rotatable bonds is 6. The first kappa shape index (κ1) is 23.3. The van der Waals surface area contributed by atoms with Crippen molar-refractivity contribution in [2.75, 3.05) is 12.0 Å². The molecule has 3 rings (SSSR count). The Morgan fingerprint density at radius 3 is 2.30 bits per heavy atom. The Hall–Kier alpha value is -4.41. The van der Waals surface area contributed by atoms with Crippen molar-refractivity contribution in [2.24, 2.45) is 0 Å². The van der Waals surface area contributed by atoms with Gasteiger partial charge < -0.3 is 9.47 Å². The molecule has 3 aromatic rings. The van der Waals surface area contributed by atoms with Crippen LogP contribution in [0.3, 0.4) is 0 Å². The van der Waals surface area contributed by atoms with Gasteiger partial charge in [-0.2, -0.15) is 0 Å². The lowest BCUT2D eigenvalue weighted by Crippen LogP contribution is -2.34. The maximum absolute atomic E-state index is 14.6. The van der Waals surface area contributed by atoms with Crippen molar-refractivity contribution in [1.82, 2.24) is 0 Å². The molecule has 33 heavy (non-hydrogen) atoms. The van der Waals surface area contributed by atoms with Crippen LogP contribution >= 0.6 is 0 Å². The Morgan fingerprint density at radius 1 is 1.00 bits per heavy atom. The minimum absolute atomic E-state index is 0.0873. The van der Waals surface area contributed by atoms with Gasteiger partial charge in [-0.3, -0.25) is 15.0 Å². The Bertz CT molecular complexity index is 1220. The molecule has 0 saturated heterocycles. The number of halogens is 3. The van der Waals surface area contributed by atoms with E-state index in [1.807, 2.05) is 0 Å². The third kappa shape index (κ3) is 5.26. The number of esters is 1. The fourth-order valence-corrected chi connectivity index (χ4v) is 2.83. The zero-order chi connectivity index (χ0) is 24.1. The second kappa shape index (κ2) is 9.81. The van der Waals surface area contributed by atoms with E-state index in [9.17, 15) is 32.9 Å². The summed E-state index contributed by atoms with van der Waals surface area (Å²) >= 11 is 0. The summed E-state index contributed by atoms with van der Waals surface area (Å²) in [7, 11) is 1.12. The van der Waals surface area contributed by atoms with Crippen molar-refractivity contribution >= 4 is 23.4 Å². The molecular formula is C22H15F3N2O6. The number of carbonyl (C=O) groups is 2. The van der Waals surface area contributed by atoms with Gasteiger partial charge >= 0.3 is 12.1 Å². The quantitative estimate of drug-likeness (QED) is 0.292. The van der Waals surface area contributed by atoms with Gasteiger partial charge in [0, 0.05) is 17.7 Å². The molecule has 0 atom stereocenters. The van der Waals surface area contributed by atoms with E-state index in [0.29, 0.717) is 4.90 Å². The molecule has 0 spiro atoms. The van der Waals surface area contributed by atoms with Crippen LogP contribution in [0.2, 0.25) is 0 Å². The molecule has 0 saturated carbocycles. The summed E-state index contributed by atoms with van der Waals surface area (Å²) < 4.78 is 52.5. The van der Waals surface area contributed by atoms with Crippen molar-refractivity contribution in [3.05, 3.63) is 99.4 Å². The van der Waals surface area contributed by atoms with Gasteiger partial charge in [0.25, 0.3) is 5.69 Å². The molecular weight excluding hydrogens is 445 g/mol. The number of hydrogen-bond donors (Lipinski definition) is 0. The van der Waals surface area contributed by atoms with Gasteiger partial charge in [0.05, 0.1) is 29.8 Å². The molecule has 0 aliphatic carbocycles. The Kier molecular flexibility index (Phi) is 6.91. The molecule has 0 aromatic heterocycles. The van der Waals surface area contributed by atoms with Crippen LogP contribution in [0.15, 0.2) is 60.7 Å². The number of amides is 1. The molecule has 0 heterocycles. The number of hydrogen-bond acceptors (Lipinski definition) is 6. The third-order valence-corrected chi connectivity index (χ3v) is 4.50. The molecule has 8 nitrogen and oxygen atoms in total. The van der Waals surface area contributed by atoms with E-state index in [1.54, 1.807) is 0 Å². The topological polar surface area (TPSA) is 99.0 Å². The smallest absolute Gasteiger partial charge is 0.420 e. The first-order valence-electron chi connectivity index (χ1n) is 9.25. The summed E-state index contributed by atoms with van der Waals surface area (Å²) in [4.78, 5) is 35.2. The second-order valence-electron chi connectivity index (χ2n) is 6.58. The van der Waals surface area contributed by atoms with E-state index in [1.165, 1.54) is 12.1 Å². The Morgan fingerprint density at radius 2 is 1.70 bits per heavy atom. The van der Waals surface area contributed by atoms with Crippen LogP contribution < -0.4 is 9.64 Å². The largest absolute Gasteiger partial charge is 0.465 e. The zero-order valence-electron chi connectivity index (χ0n) is 17.0. The first-order valence-corrected chi connectivity index (χ1v) is 9.25. The minimum atomic E-state index is -1.37. The number of anilines is 1. The van der Waals surface area contributed by atoms with Gasteiger partial charge in [0.1, 0.15) is 11.6 Å². The molecule has 0 radical (unpaired) electrons. The fraction of sp³-hybridized carbons (Fsp3) is 0.0909. The van der Waals surface area contributed by atoms with Gasteiger partial charge in [-0.15, -0.1) is 0 Å². The number of nitrogens with zero attached hydrogens (tertiary/aromatic N) is 2. The van der Waals surface area contributed by atoms with Crippen molar-refractivity contribution in [2.45, 2.75) is 6.54 Å². The summed E-state index contributed by atoms with van der Waals surface area (Å²) in [6.45, 7) is -0.584. The van der Waals surface area contributed by atoms with Crippen LogP contribution in [0, 0.1) is 27.6 Å². The van der Waals surface area contributed by atoms with Crippen LogP contribution in [-0.2, 0) is 11.3 Å². The lowest BCUT2D eigenvalue weighted by atomic mass is 10.1. The second-order valence-corrected chi connectivity index (χ2v) is 6.58. The van der Waals surface area contributed by atoms with Crippen LogP contribution in [0.5, 0.6) is 5.75 Å². The SMILES string of the molecule is COC(=O)c1ccc(CN(C(=O)Oc2ccc([N+](=O)[O-])cc2)c2cccc(F)c2F)c(F)c1. The van der Waals surface area contributed by atoms with Crippen LogP contribution in [-0.4, -0.2) is 24.1 Å². The van der Waals surface area contributed by atoms with Crippen molar-refractivity contribution in [3.63, 3.8) is 0 Å². The number of benzene rings is 3. The highest BCUT2D eigenvalue weighted by Crippen LogP contribution is 2.26. The molecule has 0 N–H and O–H groups in total. The van der Waals surface area contributed by atoms with Crippen LogP contribution in [0.4, 0.5) is 29.3 Å². The predicted octanol–water partition coefficient (Wildman–Crippen LogP) is 5.00. The van der Waals surface area contributed by atoms with Crippen molar-refractivity contribution < 1.29 is 37.2 Å². The van der Waals surface area contributed by atoms with Gasteiger partial charge in [-0.1, -0.05) is 12.1 Å².